The summed E-state index contributed by atoms with van der Waals surface area (Å²) in [7, 11) is 0. The summed E-state index contributed by atoms with van der Waals surface area (Å²) < 4.78 is 16.9. The van der Waals surface area contributed by atoms with Crippen molar-refractivity contribution in [3.63, 3.8) is 0 Å². The van der Waals surface area contributed by atoms with Gasteiger partial charge in [0, 0.05) is 19.3 Å². The van der Waals surface area contributed by atoms with E-state index in [0.717, 1.165) is 141 Å². The van der Waals surface area contributed by atoms with E-state index in [0.29, 0.717) is 19.3 Å². The van der Waals surface area contributed by atoms with Crippen LogP contribution in [0.3, 0.4) is 0 Å². The minimum absolute atomic E-state index is 0.107. The van der Waals surface area contributed by atoms with Crippen LogP contribution in [0, 0.1) is 0 Å². The summed E-state index contributed by atoms with van der Waals surface area (Å²) in [6, 6.07) is 0. The Bertz CT molecular complexity index is 1890. The maximum atomic E-state index is 12.9. The first-order valence-electron chi connectivity index (χ1n) is 33.6. The molecule has 0 fully saturated rings. The van der Waals surface area contributed by atoms with Crippen molar-refractivity contribution in [2.75, 3.05) is 13.2 Å². The molecule has 466 valence electrons. The SMILES string of the molecule is CC/C=C\C/C=C\C/C=C\C/C=C\C/C=C\C/C=C\C/C=C\C/C=C\C/C=C\CCCC(=O)OCC(COC(=O)CCCCCCC/C=C\CCCC)OC(=O)CCCCCCCCCCCCCC/C=C\C/C=C\C/C=C\C/C=C\CC. The smallest absolute Gasteiger partial charge is 0.306 e. The molecule has 0 heterocycles. The molecule has 0 saturated heterocycles. The minimum Gasteiger partial charge on any atom is -0.462 e. The van der Waals surface area contributed by atoms with Gasteiger partial charge < -0.3 is 14.2 Å². The van der Waals surface area contributed by atoms with Crippen LogP contribution in [0.5, 0.6) is 0 Å². The van der Waals surface area contributed by atoms with Crippen LogP contribution in [-0.2, 0) is 28.6 Å². The lowest BCUT2D eigenvalue weighted by Crippen LogP contribution is -2.30. The van der Waals surface area contributed by atoms with Crippen molar-refractivity contribution in [2.45, 2.75) is 284 Å². The average Bonchev–Trinajstić information content (AvgIpc) is 3.48. The first-order chi connectivity index (χ1) is 41.0. The molecular weight excluding hydrogens is 1020 g/mol. The lowest BCUT2D eigenvalue weighted by atomic mass is 10.0. The van der Waals surface area contributed by atoms with Gasteiger partial charge in [-0.1, -0.05) is 287 Å². The van der Waals surface area contributed by atoms with E-state index >= 15 is 0 Å². The van der Waals surface area contributed by atoms with Gasteiger partial charge in [-0.15, -0.1) is 0 Å². The maximum Gasteiger partial charge on any atom is 0.306 e. The molecule has 0 saturated carbocycles. The van der Waals surface area contributed by atoms with Crippen LogP contribution in [0.1, 0.15) is 278 Å². The van der Waals surface area contributed by atoms with Gasteiger partial charge >= 0.3 is 17.9 Å². The Labute approximate surface area is 511 Å². The van der Waals surface area contributed by atoms with E-state index in [1.165, 1.54) is 89.9 Å². The predicted octanol–water partition coefficient (Wildman–Crippen LogP) is 23.4. The van der Waals surface area contributed by atoms with Gasteiger partial charge in [0.15, 0.2) is 6.10 Å². The van der Waals surface area contributed by atoms with Crippen molar-refractivity contribution >= 4 is 17.9 Å². The molecule has 83 heavy (non-hydrogen) atoms. The van der Waals surface area contributed by atoms with Crippen LogP contribution in [0.15, 0.2) is 170 Å². The lowest BCUT2D eigenvalue weighted by Gasteiger charge is -2.18. The summed E-state index contributed by atoms with van der Waals surface area (Å²) in [5, 5.41) is 0. The molecule has 0 aliphatic rings. The molecule has 0 radical (unpaired) electrons. The summed E-state index contributed by atoms with van der Waals surface area (Å²) in [5.41, 5.74) is 0. The standard InChI is InChI=1S/C77H122O6/c1-4-7-10-13-16-19-22-24-26-28-30-32-34-36-37-38-39-41-42-44-46-48-50-52-55-58-61-64-67-70-76(79)82-73-74(72-81-75(78)69-66-63-60-57-54-21-18-15-12-9-6-3)83-77(80)71-68-65-62-59-56-53-51-49-47-45-43-40-35-33-31-29-27-25-23-20-17-14-11-8-5-2/h7-8,10-11,15-20,24-27,30-33,36-37,39,41,44,46,50,52,58,61,74H,4-6,9,12-14,21-23,28-29,34-35,38,40,42-43,45,47-49,51,53-57,59-60,62-73H2,1-3H3/b10-7-,11-8-,18-15-,19-16-,20-17-,26-24-,27-25-,32-30-,33-31-,37-36-,41-39-,46-44-,52-50-,61-58-. The molecule has 0 aliphatic heterocycles. The normalized spacial score (nSPS) is 13.2. The Hall–Kier alpha value is -5.23. The average molecular weight is 1140 g/mol. The Morgan fingerprint density at radius 1 is 0.253 bits per heavy atom. The topological polar surface area (TPSA) is 78.9 Å². The lowest BCUT2D eigenvalue weighted by molar-refractivity contribution is -0.167. The molecule has 0 amide bonds. The zero-order valence-electron chi connectivity index (χ0n) is 53.4. The van der Waals surface area contributed by atoms with E-state index in [-0.39, 0.29) is 37.5 Å². The summed E-state index contributed by atoms with van der Waals surface area (Å²) >= 11 is 0. The van der Waals surface area contributed by atoms with E-state index in [2.05, 4.69) is 191 Å². The number of allylic oxidation sites excluding steroid dienone is 28. The fraction of sp³-hybridized carbons (Fsp3) is 0.597. The molecule has 0 aromatic rings. The summed E-state index contributed by atoms with van der Waals surface area (Å²) in [6.45, 7) is 6.32. The van der Waals surface area contributed by atoms with Crippen molar-refractivity contribution in [1.82, 2.24) is 0 Å². The van der Waals surface area contributed by atoms with E-state index in [4.69, 9.17) is 14.2 Å². The molecule has 0 aliphatic carbocycles. The number of hydrogen-bond acceptors (Lipinski definition) is 6. The van der Waals surface area contributed by atoms with E-state index in [1.807, 2.05) is 0 Å². The van der Waals surface area contributed by atoms with Gasteiger partial charge in [0.2, 0.25) is 0 Å². The second-order valence-corrected chi connectivity index (χ2v) is 21.6. The van der Waals surface area contributed by atoms with Crippen molar-refractivity contribution < 1.29 is 28.6 Å². The van der Waals surface area contributed by atoms with Gasteiger partial charge in [0.1, 0.15) is 13.2 Å². The van der Waals surface area contributed by atoms with E-state index < -0.39 is 6.10 Å². The number of ether oxygens (including phenoxy) is 3. The highest BCUT2D eigenvalue weighted by Gasteiger charge is 2.19. The zero-order valence-corrected chi connectivity index (χ0v) is 53.4. The first-order valence-corrected chi connectivity index (χ1v) is 33.6. The molecule has 6 nitrogen and oxygen atoms in total. The van der Waals surface area contributed by atoms with Gasteiger partial charge in [-0.3, -0.25) is 14.4 Å². The van der Waals surface area contributed by atoms with Crippen molar-refractivity contribution in [1.29, 1.82) is 0 Å². The number of esters is 3. The third-order valence-electron chi connectivity index (χ3n) is 13.7. The monoisotopic (exact) mass is 1140 g/mol. The van der Waals surface area contributed by atoms with Crippen LogP contribution in [-0.4, -0.2) is 37.2 Å². The molecule has 0 bridgehead atoms. The van der Waals surface area contributed by atoms with Gasteiger partial charge in [-0.2, -0.15) is 0 Å². The minimum atomic E-state index is -0.815. The van der Waals surface area contributed by atoms with Crippen molar-refractivity contribution in [3.8, 4) is 0 Å². The quantitative estimate of drug-likeness (QED) is 0.0261. The molecule has 1 unspecified atom stereocenters. The molecule has 6 heteroatoms. The van der Waals surface area contributed by atoms with Crippen LogP contribution in [0.25, 0.3) is 0 Å². The Morgan fingerprint density at radius 3 is 0.795 bits per heavy atom. The molecule has 1 atom stereocenters. The Balaban J connectivity index is 4.40. The molecular formula is C77H122O6. The van der Waals surface area contributed by atoms with Gasteiger partial charge in [-0.25, -0.2) is 0 Å². The van der Waals surface area contributed by atoms with Crippen LogP contribution < -0.4 is 0 Å². The fourth-order valence-electron chi connectivity index (χ4n) is 8.71. The summed E-state index contributed by atoms with van der Waals surface area (Å²) in [4.78, 5) is 38.3. The number of hydrogen-bond donors (Lipinski definition) is 0. The first kappa shape index (κ1) is 77.8. The van der Waals surface area contributed by atoms with E-state index in [1.54, 1.807) is 0 Å². The number of rotatable bonds is 59. The van der Waals surface area contributed by atoms with Gasteiger partial charge in [0.05, 0.1) is 0 Å². The molecule has 0 N–H and O–H groups in total. The summed E-state index contributed by atoms with van der Waals surface area (Å²) in [6.07, 6.45) is 102. The third kappa shape index (κ3) is 67.4. The highest BCUT2D eigenvalue weighted by atomic mass is 16.6. The van der Waals surface area contributed by atoms with Crippen LogP contribution in [0.2, 0.25) is 0 Å². The molecule has 0 rings (SSSR count). The van der Waals surface area contributed by atoms with Crippen LogP contribution in [0.4, 0.5) is 0 Å². The van der Waals surface area contributed by atoms with Crippen molar-refractivity contribution in [3.05, 3.63) is 170 Å². The highest BCUT2D eigenvalue weighted by molar-refractivity contribution is 5.71. The number of carbonyl (C=O) groups excluding carboxylic acids is 3. The predicted molar refractivity (Wildman–Crippen MR) is 361 cm³/mol. The Morgan fingerprint density at radius 2 is 0.482 bits per heavy atom. The Kier molecular flexibility index (Phi) is 64.9. The maximum absolute atomic E-state index is 12.9. The largest absolute Gasteiger partial charge is 0.462 e. The van der Waals surface area contributed by atoms with E-state index in [9.17, 15) is 14.4 Å². The van der Waals surface area contributed by atoms with Crippen molar-refractivity contribution in [2.24, 2.45) is 0 Å². The molecule has 0 aromatic heterocycles. The number of carbonyl (C=O) groups is 3. The second kappa shape index (κ2) is 69.3. The second-order valence-electron chi connectivity index (χ2n) is 21.6. The fourth-order valence-corrected chi connectivity index (χ4v) is 8.71. The highest BCUT2D eigenvalue weighted by Crippen LogP contribution is 2.15. The summed E-state index contributed by atoms with van der Waals surface area (Å²) in [5.74, 6) is -0.983. The zero-order chi connectivity index (χ0) is 59.9. The van der Waals surface area contributed by atoms with Gasteiger partial charge in [-0.05, 0) is 141 Å². The molecule has 0 aromatic carbocycles. The number of unbranched alkanes of at least 4 members (excludes halogenated alkanes) is 20. The third-order valence-corrected chi connectivity index (χ3v) is 13.7. The van der Waals surface area contributed by atoms with Gasteiger partial charge in [0.25, 0.3) is 0 Å². The van der Waals surface area contributed by atoms with Crippen LogP contribution >= 0.6 is 0 Å². The molecule has 0 spiro atoms.